The third-order valence-corrected chi connectivity index (χ3v) is 3.42. The number of para-hydroxylation sites is 1. The summed E-state index contributed by atoms with van der Waals surface area (Å²) in [6.45, 7) is 0.468. The van der Waals surface area contributed by atoms with Crippen molar-refractivity contribution in [2.24, 2.45) is 0 Å². The van der Waals surface area contributed by atoms with Crippen LogP contribution in [0.25, 0.3) is 10.9 Å². The van der Waals surface area contributed by atoms with Gasteiger partial charge in [-0.2, -0.15) is 0 Å². The van der Waals surface area contributed by atoms with Gasteiger partial charge in [0.25, 0.3) is 5.91 Å². The molecule has 4 heteroatoms. The lowest BCUT2D eigenvalue weighted by Crippen LogP contribution is -2.22. The van der Waals surface area contributed by atoms with Gasteiger partial charge >= 0.3 is 0 Å². The molecule has 1 aromatic heterocycles. The highest BCUT2D eigenvalue weighted by molar-refractivity contribution is 6.06. The number of aromatic nitrogens is 1. The second-order valence-corrected chi connectivity index (χ2v) is 4.78. The van der Waals surface area contributed by atoms with Gasteiger partial charge in [-0.3, -0.25) is 4.79 Å². The summed E-state index contributed by atoms with van der Waals surface area (Å²) in [4.78, 5) is 15.4. The summed E-state index contributed by atoms with van der Waals surface area (Å²) in [7, 11) is 1.63. The minimum absolute atomic E-state index is 0.0877. The minimum atomic E-state index is -0.0877. The number of ether oxygens (including phenoxy) is 1. The molecule has 1 heterocycles. The molecule has 0 aliphatic heterocycles. The van der Waals surface area contributed by atoms with Crippen molar-refractivity contribution in [1.82, 2.24) is 10.3 Å². The molecule has 0 radical (unpaired) electrons. The quantitative estimate of drug-likeness (QED) is 0.771. The molecule has 2 aromatic carbocycles. The molecule has 0 saturated carbocycles. The molecule has 1 amide bonds. The first-order valence-electron chi connectivity index (χ1n) is 6.75. The summed E-state index contributed by atoms with van der Waals surface area (Å²) in [6.07, 6.45) is 1.74. The molecule has 0 atom stereocenters. The second kappa shape index (κ2) is 5.71. The van der Waals surface area contributed by atoms with Gasteiger partial charge in [0.15, 0.2) is 0 Å². The van der Waals surface area contributed by atoms with Crippen LogP contribution in [0.5, 0.6) is 5.75 Å². The Morgan fingerprint density at radius 2 is 2.05 bits per heavy atom. The standard InChI is InChI=1S/C17H16N2O2/c1-21-13-6-4-5-12(9-13)10-19-17(20)15-11-18-16-8-3-2-7-14(15)16/h2-9,11,18H,10H2,1H3,(H,19,20). The summed E-state index contributed by atoms with van der Waals surface area (Å²) < 4.78 is 5.17. The van der Waals surface area contributed by atoms with Crippen LogP contribution in [0.2, 0.25) is 0 Å². The molecule has 3 aromatic rings. The number of aromatic amines is 1. The van der Waals surface area contributed by atoms with E-state index in [2.05, 4.69) is 10.3 Å². The van der Waals surface area contributed by atoms with E-state index < -0.39 is 0 Å². The number of H-pyrrole nitrogens is 1. The molecule has 3 rings (SSSR count). The fourth-order valence-corrected chi connectivity index (χ4v) is 2.32. The van der Waals surface area contributed by atoms with Crippen molar-refractivity contribution >= 4 is 16.8 Å². The van der Waals surface area contributed by atoms with Crippen molar-refractivity contribution in [2.45, 2.75) is 6.54 Å². The molecular formula is C17H16N2O2. The van der Waals surface area contributed by atoms with Gasteiger partial charge in [-0.25, -0.2) is 0 Å². The molecular weight excluding hydrogens is 264 g/mol. The third-order valence-electron chi connectivity index (χ3n) is 3.42. The lowest BCUT2D eigenvalue weighted by molar-refractivity contribution is 0.0952. The topological polar surface area (TPSA) is 54.1 Å². The Labute approximate surface area is 122 Å². The molecule has 2 N–H and O–H groups in total. The molecule has 0 aliphatic rings. The number of hydrogen-bond donors (Lipinski definition) is 2. The zero-order valence-corrected chi connectivity index (χ0v) is 11.7. The van der Waals surface area contributed by atoms with Crippen LogP contribution >= 0.6 is 0 Å². The molecule has 0 unspecified atom stereocenters. The van der Waals surface area contributed by atoms with Gasteiger partial charge in [0.2, 0.25) is 0 Å². The van der Waals surface area contributed by atoms with E-state index in [0.717, 1.165) is 22.2 Å². The molecule has 21 heavy (non-hydrogen) atoms. The summed E-state index contributed by atoms with van der Waals surface area (Å²) in [5.41, 5.74) is 2.63. The lowest BCUT2D eigenvalue weighted by atomic mass is 10.1. The number of hydrogen-bond acceptors (Lipinski definition) is 2. The van der Waals surface area contributed by atoms with Gasteiger partial charge in [-0.05, 0) is 23.8 Å². The molecule has 106 valence electrons. The first-order valence-corrected chi connectivity index (χ1v) is 6.75. The Morgan fingerprint density at radius 3 is 2.90 bits per heavy atom. The van der Waals surface area contributed by atoms with E-state index in [4.69, 9.17) is 4.74 Å². The van der Waals surface area contributed by atoms with Gasteiger partial charge in [0.1, 0.15) is 5.75 Å². The van der Waals surface area contributed by atoms with E-state index >= 15 is 0 Å². The SMILES string of the molecule is COc1cccc(CNC(=O)c2c[nH]c3ccccc23)c1. The van der Waals surface area contributed by atoms with E-state index in [1.54, 1.807) is 13.3 Å². The number of rotatable bonds is 4. The average molecular weight is 280 g/mol. The number of methoxy groups -OCH3 is 1. The van der Waals surface area contributed by atoms with Crippen molar-refractivity contribution in [1.29, 1.82) is 0 Å². The van der Waals surface area contributed by atoms with Crippen molar-refractivity contribution in [3.8, 4) is 5.75 Å². The first kappa shape index (κ1) is 13.2. The van der Waals surface area contributed by atoms with E-state index in [9.17, 15) is 4.79 Å². The molecule has 0 aliphatic carbocycles. The lowest BCUT2D eigenvalue weighted by Gasteiger charge is -2.06. The number of benzene rings is 2. The van der Waals surface area contributed by atoms with Crippen molar-refractivity contribution < 1.29 is 9.53 Å². The normalized spacial score (nSPS) is 10.5. The van der Waals surface area contributed by atoms with Crippen LogP contribution in [0.1, 0.15) is 15.9 Å². The Kier molecular flexibility index (Phi) is 3.60. The van der Waals surface area contributed by atoms with Gasteiger partial charge in [-0.1, -0.05) is 30.3 Å². The van der Waals surface area contributed by atoms with Gasteiger partial charge in [0.05, 0.1) is 12.7 Å². The molecule has 0 saturated heterocycles. The van der Waals surface area contributed by atoms with Crippen LogP contribution in [0.4, 0.5) is 0 Å². The van der Waals surface area contributed by atoms with Crippen molar-refractivity contribution in [3.05, 3.63) is 65.9 Å². The number of fused-ring (bicyclic) bond motifs is 1. The van der Waals surface area contributed by atoms with Crippen LogP contribution < -0.4 is 10.1 Å². The van der Waals surface area contributed by atoms with E-state index in [0.29, 0.717) is 12.1 Å². The highest BCUT2D eigenvalue weighted by Gasteiger charge is 2.11. The Balaban J connectivity index is 1.74. The predicted molar refractivity (Wildman–Crippen MR) is 82.5 cm³/mol. The van der Waals surface area contributed by atoms with E-state index in [-0.39, 0.29) is 5.91 Å². The first-order chi connectivity index (χ1) is 10.3. The van der Waals surface area contributed by atoms with Crippen LogP contribution in [0, 0.1) is 0 Å². The van der Waals surface area contributed by atoms with Crippen molar-refractivity contribution in [2.75, 3.05) is 7.11 Å². The second-order valence-electron chi connectivity index (χ2n) is 4.78. The van der Waals surface area contributed by atoms with Crippen molar-refractivity contribution in [3.63, 3.8) is 0 Å². The van der Waals surface area contributed by atoms with Gasteiger partial charge in [-0.15, -0.1) is 0 Å². The smallest absolute Gasteiger partial charge is 0.253 e. The Hall–Kier alpha value is -2.75. The predicted octanol–water partition coefficient (Wildman–Crippen LogP) is 3.11. The van der Waals surface area contributed by atoms with Crippen LogP contribution in [-0.4, -0.2) is 18.0 Å². The summed E-state index contributed by atoms with van der Waals surface area (Å²) in [5.74, 6) is 0.698. The Morgan fingerprint density at radius 1 is 1.19 bits per heavy atom. The highest BCUT2D eigenvalue weighted by Crippen LogP contribution is 2.18. The number of amides is 1. The fourth-order valence-electron chi connectivity index (χ4n) is 2.32. The van der Waals surface area contributed by atoms with Crippen LogP contribution in [0.15, 0.2) is 54.7 Å². The molecule has 0 fully saturated rings. The zero-order chi connectivity index (χ0) is 14.7. The largest absolute Gasteiger partial charge is 0.497 e. The van der Waals surface area contributed by atoms with Crippen LogP contribution in [0.3, 0.4) is 0 Å². The molecule has 0 spiro atoms. The number of carbonyl (C=O) groups is 1. The van der Waals surface area contributed by atoms with E-state index in [1.807, 2.05) is 48.5 Å². The fraction of sp³-hybridized carbons (Fsp3) is 0.118. The number of carbonyl (C=O) groups excluding carboxylic acids is 1. The summed E-state index contributed by atoms with van der Waals surface area (Å²) in [5, 5.41) is 3.86. The monoisotopic (exact) mass is 280 g/mol. The summed E-state index contributed by atoms with van der Waals surface area (Å²) in [6, 6.07) is 15.4. The summed E-state index contributed by atoms with van der Waals surface area (Å²) >= 11 is 0. The number of nitrogens with one attached hydrogen (secondary N) is 2. The van der Waals surface area contributed by atoms with Crippen LogP contribution in [-0.2, 0) is 6.54 Å². The average Bonchev–Trinajstić information content (AvgIpc) is 2.97. The third kappa shape index (κ3) is 2.74. The molecule has 0 bridgehead atoms. The van der Waals surface area contributed by atoms with Gasteiger partial charge < -0.3 is 15.0 Å². The maximum Gasteiger partial charge on any atom is 0.253 e. The highest BCUT2D eigenvalue weighted by atomic mass is 16.5. The van der Waals surface area contributed by atoms with E-state index in [1.165, 1.54) is 0 Å². The Bertz CT molecular complexity index is 777. The minimum Gasteiger partial charge on any atom is -0.497 e. The zero-order valence-electron chi connectivity index (χ0n) is 11.7. The maximum absolute atomic E-state index is 12.3. The maximum atomic E-state index is 12.3. The molecule has 4 nitrogen and oxygen atoms in total. The van der Waals surface area contributed by atoms with Gasteiger partial charge in [0, 0.05) is 23.6 Å².